The normalized spacial score (nSPS) is 13.5. The van der Waals surface area contributed by atoms with Crippen molar-refractivity contribution in [1.29, 1.82) is 0 Å². The number of carbonyl (C=O) groups is 2. The van der Waals surface area contributed by atoms with E-state index >= 15 is 0 Å². The molecule has 7 heteroatoms. The van der Waals surface area contributed by atoms with Crippen LogP contribution < -0.4 is 10.6 Å². The second-order valence-electron chi connectivity index (χ2n) is 4.68. The van der Waals surface area contributed by atoms with E-state index in [1.807, 2.05) is 13.8 Å². The summed E-state index contributed by atoms with van der Waals surface area (Å²) in [5.74, 6) is -1.07. The predicted molar refractivity (Wildman–Crippen MR) is 74.4 cm³/mol. The van der Waals surface area contributed by atoms with Gasteiger partial charge in [0, 0.05) is 24.4 Å². The molecule has 0 aliphatic carbocycles. The summed E-state index contributed by atoms with van der Waals surface area (Å²) in [6.45, 7) is 4.03. The highest BCUT2D eigenvalue weighted by atomic mass is 16.4. The number of H-pyrrole nitrogens is 1. The molecule has 0 fully saturated rings. The summed E-state index contributed by atoms with van der Waals surface area (Å²) in [5, 5.41) is 14.4. The summed E-state index contributed by atoms with van der Waals surface area (Å²) in [7, 11) is 0. The van der Waals surface area contributed by atoms with Crippen LogP contribution >= 0.6 is 0 Å². The van der Waals surface area contributed by atoms with Gasteiger partial charge in [-0.2, -0.15) is 0 Å². The Kier molecular flexibility index (Phi) is 6.55. The average Bonchev–Trinajstić information content (AvgIpc) is 2.90. The summed E-state index contributed by atoms with van der Waals surface area (Å²) in [4.78, 5) is 29.6. The molecule has 0 radical (unpaired) electrons. The number of carboxylic acids is 1. The third-order valence-electron chi connectivity index (χ3n) is 3.05. The number of nitrogens with one attached hydrogen (secondary N) is 3. The van der Waals surface area contributed by atoms with Gasteiger partial charge in [-0.3, -0.25) is 0 Å². The lowest BCUT2D eigenvalue weighted by Gasteiger charge is -2.19. The number of carboxylic acid groups (broad SMARTS) is 1. The number of aliphatic carboxylic acids is 1. The van der Waals surface area contributed by atoms with Crippen molar-refractivity contribution in [2.75, 3.05) is 0 Å². The maximum Gasteiger partial charge on any atom is 0.326 e. The molecule has 1 unspecified atom stereocenters. The van der Waals surface area contributed by atoms with Crippen molar-refractivity contribution in [2.45, 2.75) is 51.6 Å². The van der Waals surface area contributed by atoms with Crippen molar-refractivity contribution in [2.24, 2.45) is 0 Å². The number of hydrogen-bond donors (Lipinski definition) is 4. The molecule has 0 saturated carbocycles. The van der Waals surface area contributed by atoms with Crippen LogP contribution in [0.15, 0.2) is 12.5 Å². The number of hydrogen-bond acceptors (Lipinski definition) is 3. The molecule has 0 saturated heterocycles. The SMILES string of the molecule is CCCC(CC)NC(=O)N[C@H](Cc1cnc[nH]1)C(=O)O. The van der Waals surface area contributed by atoms with Crippen LogP contribution in [0.4, 0.5) is 4.79 Å². The minimum atomic E-state index is -1.07. The van der Waals surface area contributed by atoms with Crippen LogP contribution in [-0.2, 0) is 11.2 Å². The predicted octanol–water partition coefficient (Wildman–Crippen LogP) is 1.28. The fourth-order valence-corrected chi connectivity index (χ4v) is 1.93. The molecule has 1 rings (SSSR count). The van der Waals surface area contributed by atoms with Gasteiger partial charge in [-0.15, -0.1) is 0 Å². The van der Waals surface area contributed by atoms with Gasteiger partial charge in [0.25, 0.3) is 0 Å². The Morgan fingerprint density at radius 3 is 2.65 bits per heavy atom. The monoisotopic (exact) mass is 282 g/mol. The van der Waals surface area contributed by atoms with Gasteiger partial charge in [0.05, 0.1) is 6.33 Å². The van der Waals surface area contributed by atoms with E-state index in [0.717, 1.165) is 19.3 Å². The van der Waals surface area contributed by atoms with Crippen LogP contribution in [0.1, 0.15) is 38.8 Å². The van der Waals surface area contributed by atoms with E-state index in [0.29, 0.717) is 5.69 Å². The van der Waals surface area contributed by atoms with Gasteiger partial charge >= 0.3 is 12.0 Å². The zero-order chi connectivity index (χ0) is 15.0. The second-order valence-corrected chi connectivity index (χ2v) is 4.68. The fourth-order valence-electron chi connectivity index (χ4n) is 1.93. The molecule has 0 aliphatic rings. The largest absolute Gasteiger partial charge is 0.480 e. The summed E-state index contributed by atoms with van der Waals surface area (Å²) in [5.41, 5.74) is 0.665. The molecule has 0 aromatic carbocycles. The zero-order valence-electron chi connectivity index (χ0n) is 11.8. The molecule has 0 aliphatic heterocycles. The highest BCUT2D eigenvalue weighted by Crippen LogP contribution is 2.02. The molecule has 0 spiro atoms. The first-order chi connectivity index (χ1) is 9.56. The number of rotatable bonds is 8. The van der Waals surface area contributed by atoms with Crippen molar-refractivity contribution in [3.05, 3.63) is 18.2 Å². The van der Waals surface area contributed by atoms with Crippen molar-refractivity contribution < 1.29 is 14.7 Å². The van der Waals surface area contributed by atoms with Crippen molar-refractivity contribution >= 4 is 12.0 Å². The number of nitrogens with zero attached hydrogens (tertiary/aromatic N) is 1. The molecule has 1 aromatic heterocycles. The van der Waals surface area contributed by atoms with Crippen molar-refractivity contribution in [3.63, 3.8) is 0 Å². The molecule has 2 amide bonds. The number of amides is 2. The zero-order valence-corrected chi connectivity index (χ0v) is 11.8. The molecule has 0 bridgehead atoms. The highest BCUT2D eigenvalue weighted by Gasteiger charge is 2.21. The van der Waals surface area contributed by atoms with E-state index in [-0.39, 0.29) is 12.5 Å². The molecule has 1 heterocycles. The average molecular weight is 282 g/mol. The first-order valence-electron chi connectivity index (χ1n) is 6.83. The molecule has 1 aromatic rings. The van der Waals surface area contributed by atoms with Crippen LogP contribution in [0.5, 0.6) is 0 Å². The lowest BCUT2D eigenvalue weighted by molar-refractivity contribution is -0.139. The Balaban J connectivity index is 2.52. The van der Waals surface area contributed by atoms with E-state index in [4.69, 9.17) is 5.11 Å². The van der Waals surface area contributed by atoms with Crippen LogP contribution in [0.2, 0.25) is 0 Å². The summed E-state index contributed by atoms with van der Waals surface area (Å²) in [6, 6.07) is -1.35. The lowest BCUT2D eigenvalue weighted by atomic mass is 10.1. The fraction of sp³-hybridized carbons (Fsp3) is 0.615. The Hall–Kier alpha value is -2.05. The van der Waals surface area contributed by atoms with Crippen LogP contribution in [0.3, 0.4) is 0 Å². The summed E-state index contributed by atoms with van der Waals surface area (Å²) >= 11 is 0. The number of imidazole rings is 1. The number of carbonyl (C=O) groups excluding carboxylic acids is 1. The van der Waals surface area contributed by atoms with Crippen molar-refractivity contribution in [3.8, 4) is 0 Å². The molecule has 20 heavy (non-hydrogen) atoms. The lowest BCUT2D eigenvalue weighted by Crippen LogP contribution is -2.49. The third kappa shape index (κ3) is 5.29. The Morgan fingerprint density at radius 1 is 1.40 bits per heavy atom. The van der Waals surface area contributed by atoms with Crippen LogP contribution in [0, 0.1) is 0 Å². The van der Waals surface area contributed by atoms with E-state index in [2.05, 4.69) is 20.6 Å². The van der Waals surface area contributed by atoms with Crippen LogP contribution in [0.25, 0.3) is 0 Å². The third-order valence-corrected chi connectivity index (χ3v) is 3.05. The van der Waals surface area contributed by atoms with E-state index in [9.17, 15) is 9.59 Å². The standard InChI is InChI=1S/C13H22N4O3/c1-3-5-9(4-2)16-13(20)17-11(12(18)19)6-10-7-14-8-15-10/h7-9,11H,3-6H2,1-2H3,(H,14,15)(H,18,19)(H2,16,17,20)/t9?,11-/m1/s1. The van der Waals surface area contributed by atoms with Gasteiger partial charge in [-0.05, 0) is 12.8 Å². The maximum atomic E-state index is 11.8. The minimum Gasteiger partial charge on any atom is -0.480 e. The summed E-state index contributed by atoms with van der Waals surface area (Å²) in [6.07, 6.45) is 5.86. The second kappa shape index (κ2) is 8.19. The molecular weight excluding hydrogens is 260 g/mol. The van der Waals surface area contributed by atoms with E-state index in [1.165, 1.54) is 6.33 Å². The molecule has 4 N–H and O–H groups in total. The first-order valence-corrected chi connectivity index (χ1v) is 6.83. The smallest absolute Gasteiger partial charge is 0.326 e. The van der Waals surface area contributed by atoms with Gasteiger partial charge in [-0.1, -0.05) is 20.3 Å². The number of urea groups is 1. The topological polar surface area (TPSA) is 107 Å². The first kappa shape index (κ1) is 16.0. The number of aromatic amines is 1. The van der Waals surface area contributed by atoms with Gasteiger partial charge < -0.3 is 20.7 Å². The molecule has 7 nitrogen and oxygen atoms in total. The van der Waals surface area contributed by atoms with E-state index in [1.54, 1.807) is 6.20 Å². The van der Waals surface area contributed by atoms with Gasteiger partial charge in [0.15, 0.2) is 0 Å². The van der Waals surface area contributed by atoms with Crippen LogP contribution in [-0.4, -0.2) is 39.2 Å². The van der Waals surface area contributed by atoms with Crippen molar-refractivity contribution in [1.82, 2.24) is 20.6 Å². The maximum absolute atomic E-state index is 11.8. The molecule has 112 valence electrons. The Bertz CT molecular complexity index is 419. The Labute approximate surface area is 118 Å². The molecule has 2 atom stereocenters. The number of aromatic nitrogens is 2. The Morgan fingerprint density at radius 2 is 2.15 bits per heavy atom. The molecular formula is C13H22N4O3. The van der Waals surface area contributed by atoms with Gasteiger partial charge in [0.2, 0.25) is 0 Å². The minimum absolute atomic E-state index is 0.0709. The van der Waals surface area contributed by atoms with Gasteiger partial charge in [0.1, 0.15) is 6.04 Å². The van der Waals surface area contributed by atoms with Gasteiger partial charge in [-0.25, -0.2) is 14.6 Å². The summed E-state index contributed by atoms with van der Waals surface area (Å²) < 4.78 is 0. The quantitative estimate of drug-likeness (QED) is 0.576. The highest BCUT2D eigenvalue weighted by molar-refractivity contribution is 5.82. The van der Waals surface area contributed by atoms with E-state index < -0.39 is 18.0 Å².